The van der Waals surface area contributed by atoms with Gasteiger partial charge in [0.2, 0.25) is 0 Å². The van der Waals surface area contributed by atoms with Crippen LogP contribution in [0.5, 0.6) is 5.75 Å². The zero-order chi connectivity index (χ0) is 17.5. The number of carbonyl (C=O) groups is 1. The Morgan fingerprint density at radius 2 is 2.12 bits per heavy atom. The second kappa shape index (κ2) is 6.24. The van der Waals surface area contributed by atoms with Crippen molar-refractivity contribution in [1.29, 1.82) is 0 Å². The number of anilines is 2. The van der Waals surface area contributed by atoms with Crippen molar-refractivity contribution in [2.75, 3.05) is 36.9 Å². The highest BCUT2D eigenvalue weighted by Crippen LogP contribution is 2.39. The van der Waals surface area contributed by atoms with Crippen LogP contribution >= 0.6 is 11.6 Å². The Labute approximate surface area is 147 Å². The maximum Gasteiger partial charge on any atom is 0.410 e. The number of nitrogen functional groups attached to an aromatic ring is 1. The summed E-state index contributed by atoms with van der Waals surface area (Å²) in [6.07, 6.45) is 0.564. The number of nitrogens with zero attached hydrogens (tertiary/aromatic N) is 2. The first-order valence-electron chi connectivity index (χ1n) is 8.21. The molecule has 2 heterocycles. The fourth-order valence-electron chi connectivity index (χ4n) is 3.12. The third kappa shape index (κ3) is 3.48. The summed E-state index contributed by atoms with van der Waals surface area (Å²) in [6, 6.07) is 3.81. The number of hydrogen-bond acceptors (Lipinski definition) is 5. The summed E-state index contributed by atoms with van der Waals surface area (Å²) in [7, 11) is 0. The van der Waals surface area contributed by atoms with Crippen molar-refractivity contribution in [3.8, 4) is 5.75 Å². The number of benzene rings is 1. The van der Waals surface area contributed by atoms with Crippen molar-refractivity contribution in [2.45, 2.75) is 38.8 Å². The second-order valence-electron chi connectivity index (χ2n) is 7.25. The van der Waals surface area contributed by atoms with Crippen molar-refractivity contribution >= 4 is 29.1 Å². The molecule has 0 aliphatic carbocycles. The Hall–Kier alpha value is -1.82. The van der Waals surface area contributed by atoms with Gasteiger partial charge in [-0.25, -0.2) is 4.79 Å². The molecule has 3 rings (SSSR count). The lowest BCUT2D eigenvalue weighted by Crippen LogP contribution is -2.55. The van der Waals surface area contributed by atoms with E-state index in [4.69, 9.17) is 26.8 Å². The van der Waals surface area contributed by atoms with Crippen LogP contribution in [-0.4, -0.2) is 48.9 Å². The van der Waals surface area contributed by atoms with Crippen LogP contribution in [0.15, 0.2) is 12.1 Å². The molecule has 2 N–H and O–H groups in total. The molecule has 1 fully saturated rings. The van der Waals surface area contributed by atoms with Gasteiger partial charge in [-0.05, 0) is 26.8 Å². The zero-order valence-corrected chi connectivity index (χ0v) is 15.1. The molecule has 0 bridgehead atoms. The number of amides is 1. The number of rotatable bonds is 0. The molecule has 24 heavy (non-hydrogen) atoms. The number of nitrogens with two attached hydrogens (primary N) is 1. The quantitative estimate of drug-likeness (QED) is 0.726. The molecular weight excluding hydrogens is 330 g/mol. The smallest absolute Gasteiger partial charge is 0.410 e. The molecule has 0 radical (unpaired) electrons. The van der Waals surface area contributed by atoms with Gasteiger partial charge in [-0.2, -0.15) is 0 Å². The summed E-state index contributed by atoms with van der Waals surface area (Å²) in [6.45, 7) is 8.14. The number of carbonyl (C=O) groups excluding carboxylic acids is 1. The molecule has 7 heteroatoms. The van der Waals surface area contributed by atoms with E-state index in [0.29, 0.717) is 37.0 Å². The van der Waals surface area contributed by atoms with Crippen LogP contribution in [0.4, 0.5) is 16.2 Å². The molecule has 6 nitrogen and oxygen atoms in total. The summed E-state index contributed by atoms with van der Waals surface area (Å²) in [5.41, 5.74) is 6.86. The highest BCUT2D eigenvalue weighted by molar-refractivity contribution is 6.33. The molecular formula is C17H24ClN3O3. The predicted octanol–water partition coefficient (Wildman–Crippen LogP) is 3.13. The molecule has 132 valence electrons. The van der Waals surface area contributed by atoms with Gasteiger partial charge in [0.25, 0.3) is 0 Å². The van der Waals surface area contributed by atoms with Gasteiger partial charge in [0.05, 0.1) is 29.0 Å². The summed E-state index contributed by atoms with van der Waals surface area (Å²) in [5.74, 6) is 0.755. The lowest BCUT2D eigenvalue weighted by molar-refractivity contribution is 0.0211. The maximum absolute atomic E-state index is 12.3. The first-order chi connectivity index (χ1) is 11.2. The Morgan fingerprint density at radius 1 is 1.38 bits per heavy atom. The molecule has 0 unspecified atom stereocenters. The molecule has 0 saturated carbocycles. The first kappa shape index (κ1) is 17.0. The monoisotopic (exact) mass is 353 g/mol. The van der Waals surface area contributed by atoms with Crippen molar-refractivity contribution in [3.63, 3.8) is 0 Å². The van der Waals surface area contributed by atoms with Crippen molar-refractivity contribution < 1.29 is 14.3 Å². The highest BCUT2D eigenvalue weighted by atomic mass is 35.5. The average Bonchev–Trinajstić information content (AvgIpc) is 2.65. The molecule has 2 aliphatic rings. The average molecular weight is 354 g/mol. The summed E-state index contributed by atoms with van der Waals surface area (Å²) >= 11 is 6.19. The van der Waals surface area contributed by atoms with Crippen molar-refractivity contribution in [3.05, 3.63) is 17.2 Å². The van der Waals surface area contributed by atoms with Gasteiger partial charge in [0, 0.05) is 32.1 Å². The van der Waals surface area contributed by atoms with Gasteiger partial charge < -0.3 is 25.0 Å². The van der Waals surface area contributed by atoms with Gasteiger partial charge in [-0.1, -0.05) is 11.6 Å². The van der Waals surface area contributed by atoms with Crippen LogP contribution in [0.25, 0.3) is 0 Å². The summed E-state index contributed by atoms with van der Waals surface area (Å²) < 4.78 is 11.3. The molecule has 2 aliphatic heterocycles. The molecule has 1 atom stereocenters. The van der Waals surface area contributed by atoms with Crippen LogP contribution in [0.1, 0.15) is 27.2 Å². The van der Waals surface area contributed by atoms with Gasteiger partial charge in [-0.15, -0.1) is 0 Å². The van der Waals surface area contributed by atoms with E-state index in [1.54, 1.807) is 11.0 Å². The van der Waals surface area contributed by atoms with Crippen LogP contribution < -0.4 is 15.4 Å². The van der Waals surface area contributed by atoms with E-state index in [1.807, 2.05) is 26.8 Å². The van der Waals surface area contributed by atoms with Crippen LogP contribution in [0, 0.1) is 0 Å². The number of ether oxygens (including phenoxy) is 2. The van der Waals surface area contributed by atoms with E-state index in [2.05, 4.69) is 4.90 Å². The van der Waals surface area contributed by atoms with Gasteiger partial charge in [-0.3, -0.25) is 0 Å². The molecule has 0 spiro atoms. The molecule has 0 aromatic heterocycles. The third-order valence-corrected chi connectivity index (χ3v) is 4.56. The van der Waals surface area contributed by atoms with E-state index < -0.39 is 5.60 Å². The van der Waals surface area contributed by atoms with Gasteiger partial charge >= 0.3 is 6.09 Å². The predicted molar refractivity (Wildman–Crippen MR) is 94.9 cm³/mol. The number of fused-ring (bicyclic) bond motifs is 3. The van der Waals surface area contributed by atoms with Crippen molar-refractivity contribution in [2.24, 2.45) is 0 Å². The zero-order valence-electron chi connectivity index (χ0n) is 14.3. The van der Waals surface area contributed by atoms with Gasteiger partial charge in [0.15, 0.2) is 0 Å². The van der Waals surface area contributed by atoms with E-state index in [1.165, 1.54) is 0 Å². The fourth-order valence-corrected chi connectivity index (χ4v) is 3.27. The van der Waals surface area contributed by atoms with Crippen LogP contribution in [-0.2, 0) is 4.74 Å². The van der Waals surface area contributed by atoms with E-state index >= 15 is 0 Å². The number of halogens is 1. The Morgan fingerprint density at radius 3 is 2.83 bits per heavy atom. The van der Waals surface area contributed by atoms with E-state index in [-0.39, 0.29) is 12.1 Å². The third-order valence-electron chi connectivity index (χ3n) is 4.23. The normalized spacial score (nSPS) is 20.6. The lowest BCUT2D eigenvalue weighted by atomic mass is 10.1. The fraction of sp³-hybridized carbons (Fsp3) is 0.588. The molecule has 1 aromatic rings. The molecule has 1 amide bonds. The molecule has 1 saturated heterocycles. The summed E-state index contributed by atoms with van der Waals surface area (Å²) in [4.78, 5) is 16.4. The lowest BCUT2D eigenvalue weighted by Gasteiger charge is -2.42. The van der Waals surface area contributed by atoms with Gasteiger partial charge in [0.1, 0.15) is 11.4 Å². The van der Waals surface area contributed by atoms with E-state index in [9.17, 15) is 4.79 Å². The highest BCUT2D eigenvalue weighted by Gasteiger charge is 2.34. The van der Waals surface area contributed by atoms with Crippen LogP contribution in [0.3, 0.4) is 0 Å². The molecule has 1 aromatic carbocycles. The standard InChI is InChI=1S/C17H24ClN3O3/c1-17(2,3)24-16(22)20-5-6-21-11(10-20)4-7-23-15-9-13(19)12(18)8-14(15)21/h8-9,11H,4-7,10,19H2,1-3H3/t11-/m0/s1. The van der Waals surface area contributed by atoms with Crippen LogP contribution in [0.2, 0.25) is 5.02 Å². The Balaban J connectivity index is 1.79. The first-order valence-corrected chi connectivity index (χ1v) is 8.59. The largest absolute Gasteiger partial charge is 0.491 e. The minimum Gasteiger partial charge on any atom is -0.491 e. The van der Waals surface area contributed by atoms with Crippen molar-refractivity contribution in [1.82, 2.24) is 4.90 Å². The topological polar surface area (TPSA) is 68.0 Å². The minimum atomic E-state index is -0.488. The Kier molecular flexibility index (Phi) is 4.42. The summed E-state index contributed by atoms with van der Waals surface area (Å²) in [5, 5.41) is 0.521. The minimum absolute atomic E-state index is 0.173. The SMILES string of the molecule is CC(C)(C)OC(=O)N1CCN2c3cc(Cl)c(N)cc3OCC[C@H]2C1. The Bertz CT molecular complexity index is 645. The number of piperazine rings is 1. The maximum atomic E-state index is 12.3. The second-order valence-corrected chi connectivity index (χ2v) is 7.66. The number of hydrogen-bond donors (Lipinski definition) is 1. The van der Waals surface area contributed by atoms with E-state index in [0.717, 1.165) is 17.9 Å².